The van der Waals surface area contributed by atoms with Crippen LogP contribution in [0.2, 0.25) is 0 Å². The number of carbonyl (C=O) groups is 2. The number of ketones is 1. The van der Waals surface area contributed by atoms with Crippen molar-refractivity contribution in [3.63, 3.8) is 0 Å². The molecule has 0 aromatic carbocycles. The molecule has 0 unspecified atom stereocenters. The van der Waals surface area contributed by atoms with Crippen molar-refractivity contribution >= 4 is 11.8 Å². The summed E-state index contributed by atoms with van der Waals surface area (Å²) in [6.45, 7) is 14.8. The minimum Gasteiger partial charge on any atom is -0.456 e. The van der Waals surface area contributed by atoms with Crippen LogP contribution in [-0.2, 0) is 14.3 Å². The molecular formula is C30H46O5. The molecule has 1 saturated heterocycles. The quantitative estimate of drug-likeness (QED) is 0.413. The van der Waals surface area contributed by atoms with E-state index in [9.17, 15) is 19.8 Å². The zero-order valence-corrected chi connectivity index (χ0v) is 22.8. The number of allylic oxidation sites excluding steroid dienone is 2. The summed E-state index contributed by atoms with van der Waals surface area (Å²) in [7, 11) is 0. The molecule has 35 heavy (non-hydrogen) atoms. The van der Waals surface area contributed by atoms with Gasteiger partial charge in [0.05, 0.1) is 17.6 Å². The van der Waals surface area contributed by atoms with E-state index in [-0.39, 0.29) is 39.5 Å². The lowest BCUT2D eigenvalue weighted by molar-refractivity contribution is -0.202. The summed E-state index contributed by atoms with van der Waals surface area (Å²) in [6.07, 6.45) is 7.94. The van der Waals surface area contributed by atoms with Gasteiger partial charge in [0.1, 0.15) is 5.78 Å². The van der Waals surface area contributed by atoms with E-state index < -0.39 is 17.8 Å². The van der Waals surface area contributed by atoms with Gasteiger partial charge in [-0.1, -0.05) is 46.3 Å². The molecule has 1 aliphatic heterocycles. The number of aliphatic hydroxyl groups excluding tert-OH is 1. The Morgan fingerprint density at radius 1 is 1.03 bits per heavy atom. The van der Waals surface area contributed by atoms with E-state index in [4.69, 9.17) is 4.74 Å². The summed E-state index contributed by atoms with van der Waals surface area (Å²) < 4.78 is 5.69. The minimum absolute atomic E-state index is 0.0124. The van der Waals surface area contributed by atoms with Crippen LogP contribution < -0.4 is 0 Å². The van der Waals surface area contributed by atoms with Crippen molar-refractivity contribution in [2.45, 2.75) is 118 Å². The molecule has 9 atom stereocenters. The summed E-state index contributed by atoms with van der Waals surface area (Å²) >= 11 is 0. The van der Waals surface area contributed by atoms with Crippen LogP contribution in [0.25, 0.3) is 0 Å². The Kier molecular flexibility index (Phi) is 5.57. The molecule has 196 valence electrons. The third-order valence-electron chi connectivity index (χ3n) is 12.2. The predicted octanol–water partition coefficient (Wildman–Crippen LogP) is 5.22. The van der Waals surface area contributed by atoms with Crippen molar-refractivity contribution in [1.29, 1.82) is 0 Å². The Hall–Kier alpha value is -1.20. The highest BCUT2D eigenvalue weighted by molar-refractivity contribution is 5.85. The van der Waals surface area contributed by atoms with Crippen LogP contribution in [0.5, 0.6) is 0 Å². The summed E-state index contributed by atoms with van der Waals surface area (Å²) in [5, 5.41) is 21.2. The highest BCUT2D eigenvalue weighted by Crippen LogP contribution is 2.73. The lowest BCUT2D eigenvalue weighted by Crippen LogP contribution is -2.58. The lowest BCUT2D eigenvalue weighted by Gasteiger charge is -2.63. The van der Waals surface area contributed by atoms with Crippen molar-refractivity contribution in [3.05, 3.63) is 11.6 Å². The first kappa shape index (κ1) is 25.4. The smallest absolute Gasteiger partial charge is 0.309 e. The van der Waals surface area contributed by atoms with E-state index in [1.807, 2.05) is 0 Å². The monoisotopic (exact) mass is 486 g/mol. The Morgan fingerprint density at radius 2 is 1.71 bits per heavy atom. The normalized spacial score (nSPS) is 49.5. The molecular weight excluding hydrogens is 440 g/mol. The lowest BCUT2D eigenvalue weighted by atomic mass is 9.41. The predicted molar refractivity (Wildman–Crippen MR) is 134 cm³/mol. The van der Waals surface area contributed by atoms with E-state index in [0.29, 0.717) is 30.5 Å². The van der Waals surface area contributed by atoms with Crippen LogP contribution in [0.1, 0.15) is 99.8 Å². The second kappa shape index (κ2) is 7.66. The number of esters is 1. The van der Waals surface area contributed by atoms with E-state index in [0.717, 1.165) is 38.5 Å². The number of carbonyl (C=O) groups excluding carboxylic acids is 2. The first-order valence-electron chi connectivity index (χ1n) is 13.9. The maximum Gasteiger partial charge on any atom is 0.309 e. The highest BCUT2D eigenvalue weighted by Gasteiger charge is 2.66. The Bertz CT molecular complexity index is 958. The van der Waals surface area contributed by atoms with E-state index >= 15 is 0 Å². The number of aliphatic hydroxyl groups is 2. The van der Waals surface area contributed by atoms with Crippen molar-refractivity contribution in [3.8, 4) is 0 Å². The maximum absolute atomic E-state index is 13.2. The number of hydrogen-bond donors (Lipinski definition) is 2. The fraction of sp³-hybridized carbons (Fsp3) is 0.867. The minimum atomic E-state index is -1.26. The average molecular weight is 487 g/mol. The molecule has 0 spiro atoms. The number of rotatable bonds is 2. The SMILES string of the molecule is CC(C)(O)[C@@H]1OC(=O)[C@H]([C@@H]2CC[C@]3(C)C4=CC[C@@H]5C(C)(C)C(=O)CC[C@]5(C)[C@H]4CC[C@@]23C)C[C@H]1O. The number of hydrogen-bond acceptors (Lipinski definition) is 5. The third kappa shape index (κ3) is 3.32. The van der Waals surface area contributed by atoms with Crippen LogP contribution in [0.15, 0.2) is 11.6 Å². The van der Waals surface area contributed by atoms with E-state index in [2.05, 4.69) is 40.7 Å². The molecule has 0 aromatic heterocycles. The van der Waals surface area contributed by atoms with Gasteiger partial charge >= 0.3 is 5.97 Å². The number of cyclic esters (lactones) is 1. The second-order valence-electron chi connectivity index (χ2n) is 14.5. The molecule has 5 heteroatoms. The number of Topliss-reactive ketones (excluding diaryl/α,β-unsaturated/α-hetero) is 1. The molecule has 0 amide bonds. The largest absolute Gasteiger partial charge is 0.456 e. The molecule has 5 nitrogen and oxygen atoms in total. The molecule has 0 radical (unpaired) electrons. The van der Waals surface area contributed by atoms with Gasteiger partial charge in [-0.3, -0.25) is 9.59 Å². The summed E-state index contributed by atoms with van der Waals surface area (Å²) in [6, 6.07) is 0. The molecule has 5 rings (SSSR count). The molecule has 3 saturated carbocycles. The van der Waals surface area contributed by atoms with Crippen molar-refractivity contribution < 1.29 is 24.5 Å². The molecule has 5 aliphatic rings. The number of ether oxygens (including phenoxy) is 1. The zero-order valence-electron chi connectivity index (χ0n) is 22.8. The molecule has 0 aromatic rings. The Balaban J connectivity index is 1.46. The van der Waals surface area contributed by atoms with Gasteiger partial charge < -0.3 is 14.9 Å². The average Bonchev–Trinajstić information content (AvgIpc) is 3.03. The first-order chi connectivity index (χ1) is 16.1. The van der Waals surface area contributed by atoms with Crippen LogP contribution in [0, 0.1) is 45.3 Å². The molecule has 2 N–H and O–H groups in total. The van der Waals surface area contributed by atoms with Gasteiger partial charge in [-0.15, -0.1) is 0 Å². The second-order valence-corrected chi connectivity index (χ2v) is 14.5. The molecule has 4 fully saturated rings. The van der Waals surface area contributed by atoms with Crippen LogP contribution >= 0.6 is 0 Å². The Morgan fingerprint density at radius 3 is 2.37 bits per heavy atom. The first-order valence-corrected chi connectivity index (χ1v) is 13.9. The fourth-order valence-electron chi connectivity index (χ4n) is 9.91. The van der Waals surface area contributed by atoms with Gasteiger partial charge in [-0.2, -0.15) is 0 Å². The highest BCUT2D eigenvalue weighted by atomic mass is 16.6. The van der Waals surface area contributed by atoms with Crippen LogP contribution in [0.4, 0.5) is 0 Å². The molecule has 0 bridgehead atoms. The third-order valence-corrected chi connectivity index (χ3v) is 12.2. The summed E-state index contributed by atoms with van der Waals surface area (Å²) in [5.41, 5.74) is 0.164. The topological polar surface area (TPSA) is 83.8 Å². The summed E-state index contributed by atoms with van der Waals surface area (Å²) in [4.78, 5) is 26.1. The maximum atomic E-state index is 13.2. The summed E-state index contributed by atoms with van der Waals surface area (Å²) in [5.74, 6) is 0.881. The Labute approximate surface area is 211 Å². The van der Waals surface area contributed by atoms with E-state index in [1.54, 1.807) is 19.4 Å². The van der Waals surface area contributed by atoms with Crippen molar-refractivity contribution in [2.24, 2.45) is 45.3 Å². The van der Waals surface area contributed by atoms with Crippen LogP contribution in [0.3, 0.4) is 0 Å². The van der Waals surface area contributed by atoms with Gasteiger partial charge in [0.15, 0.2) is 6.10 Å². The molecule has 4 aliphatic carbocycles. The fourth-order valence-corrected chi connectivity index (χ4v) is 9.91. The van der Waals surface area contributed by atoms with Gasteiger partial charge in [0.25, 0.3) is 0 Å². The number of fused-ring (bicyclic) bond motifs is 5. The van der Waals surface area contributed by atoms with Gasteiger partial charge in [0, 0.05) is 11.8 Å². The van der Waals surface area contributed by atoms with Gasteiger partial charge in [-0.25, -0.2) is 0 Å². The van der Waals surface area contributed by atoms with Gasteiger partial charge in [-0.05, 0) is 92.8 Å². The zero-order chi connectivity index (χ0) is 25.8. The van der Waals surface area contributed by atoms with Crippen molar-refractivity contribution in [2.75, 3.05) is 0 Å². The van der Waals surface area contributed by atoms with Gasteiger partial charge in [0.2, 0.25) is 0 Å². The van der Waals surface area contributed by atoms with E-state index in [1.165, 1.54) is 0 Å². The van der Waals surface area contributed by atoms with Crippen LogP contribution in [-0.4, -0.2) is 39.8 Å². The molecule has 1 heterocycles. The standard InChI is InChI=1S/C30H46O5/c1-26(2)22-9-8-20-19(28(22,5)13-12-23(26)32)11-15-29(6)18(10-14-30(20,29)7)17-16-21(31)24(27(3,4)34)35-25(17)33/h8,17-19,21-22,24,31,34H,9-16H2,1-7H3/t17-,18-,19-,21+,22+,24+,28+,29-,30+/m0/s1. The van der Waals surface area contributed by atoms with Crippen molar-refractivity contribution in [1.82, 2.24) is 0 Å².